The molecule has 0 aliphatic heterocycles. The first-order valence-electron chi connectivity index (χ1n) is 3.87. The molecule has 0 aliphatic rings. The average molecular weight is 180 g/mol. The largest absolute Gasteiger partial charge is 0.330 e. The lowest BCUT2D eigenvalue weighted by atomic mass is 10.3. The fraction of sp³-hybridized carbons (Fsp3) is 0.444. The number of hydrogen-bond donors (Lipinski definition) is 1. The van der Waals surface area contributed by atoms with Crippen molar-refractivity contribution in [3.05, 3.63) is 15.6 Å². The maximum Gasteiger partial charge on any atom is 0.0998 e. The summed E-state index contributed by atoms with van der Waals surface area (Å²) in [6.07, 6.45) is 0.760. The van der Waals surface area contributed by atoms with Crippen LogP contribution in [0, 0.1) is 25.7 Å². The number of aryl methyl sites for hydroxylation is 2. The molecule has 1 aromatic heterocycles. The monoisotopic (exact) mass is 180 g/mol. The molecule has 0 fully saturated rings. The maximum absolute atomic E-state index is 5.32. The van der Waals surface area contributed by atoms with Crippen LogP contribution >= 0.6 is 11.3 Å². The molecule has 1 aromatic rings. The van der Waals surface area contributed by atoms with Crippen molar-refractivity contribution in [2.45, 2.75) is 20.3 Å². The predicted octanol–water partition coefficient (Wildman–Crippen LogP) is 1.46. The number of nitrogens with two attached hydrogens (primary N) is 1. The highest BCUT2D eigenvalue weighted by Gasteiger charge is 1.99. The van der Waals surface area contributed by atoms with Gasteiger partial charge in [-0.15, -0.1) is 11.3 Å². The molecule has 0 bridgehead atoms. The number of aromatic nitrogens is 1. The average Bonchev–Trinajstić information content (AvgIpc) is 2.31. The number of nitrogens with zero attached hydrogens (tertiary/aromatic N) is 1. The zero-order valence-corrected chi connectivity index (χ0v) is 8.16. The van der Waals surface area contributed by atoms with E-state index in [-0.39, 0.29) is 0 Å². The Kier molecular flexibility index (Phi) is 3.27. The molecule has 0 saturated heterocycles. The Labute approximate surface area is 76.8 Å². The van der Waals surface area contributed by atoms with Crippen LogP contribution in [0.3, 0.4) is 0 Å². The summed E-state index contributed by atoms with van der Waals surface area (Å²) in [5.74, 6) is 6.06. The minimum Gasteiger partial charge on any atom is -0.330 e. The lowest BCUT2D eigenvalue weighted by Gasteiger charge is -1.82. The molecule has 0 aromatic carbocycles. The summed E-state index contributed by atoms with van der Waals surface area (Å²) < 4.78 is 0. The fourth-order valence-corrected chi connectivity index (χ4v) is 1.66. The van der Waals surface area contributed by atoms with E-state index in [2.05, 4.69) is 16.8 Å². The third-order valence-electron chi connectivity index (χ3n) is 1.37. The van der Waals surface area contributed by atoms with Crippen LogP contribution in [0.15, 0.2) is 0 Å². The molecule has 0 amide bonds. The molecular formula is C9H12N2S. The number of thiazole rings is 1. The van der Waals surface area contributed by atoms with Gasteiger partial charge in [0.15, 0.2) is 0 Å². The second-order valence-corrected chi connectivity index (χ2v) is 3.69. The van der Waals surface area contributed by atoms with Crippen molar-refractivity contribution in [3.63, 3.8) is 0 Å². The molecule has 0 aliphatic carbocycles. The molecule has 3 heteroatoms. The van der Waals surface area contributed by atoms with Gasteiger partial charge < -0.3 is 5.73 Å². The van der Waals surface area contributed by atoms with Gasteiger partial charge in [0, 0.05) is 13.0 Å². The van der Waals surface area contributed by atoms with Gasteiger partial charge in [-0.05, 0) is 13.8 Å². The van der Waals surface area contributed by atoms with Gasteiger partial charge in [-0.3, -0.25) is 0 Å². The van der Waals surface area contributed by atoms with Crippen LogP contribution in [0.5, 0.6) is 0 Å². The Balaban J connectivity index is 2.76. The molecule has 2 nitrogen and oxygen atoms in total. The van der Waals surface area contributed by atoms with E-state index in [0.717, 1.165) is 22.0 Å². The van der Waals surface area contributed by atoms with Crippen LogP contribution in [0.4, 0.5) is 0 Å². The van der Waals surface area contributed by atoms with Crippen molar-refractivity contribution >= 4 is 11.3 Å². The van der Waals surface area contributed by atoms with E-state index in [4.69, 9.17) is 5.73 Å². The first-order chi connectivity index (χ1) is 5.74. The third kappa shape index (κ3) is 2.33. The van der Waals surface area contributed by atoms with Gasteiger partial charge in [-0.1, -0.05) is 11.8 Å². The molecule has 0 unspecified atom stereocenters. The van der Waals surface area contributed by atoms with Gasteiger partial charge >= 0.3 is 0 Å². The fourth-order valence-electron chi connectivity index (χ4n) is 0.862. The van der Waals surface area contributed by atoms with Gasteiger partial charge in [-0.2, -0.15) is 0 Å². The highest BCUT2D eigenvalue weighted by Crippen LogP contribution is 2.15. The summed E-state index contributed by atoms with van der Waals surface area (Å²) in [7, 11) is 0. The van der Waals surface area contributed by atoms with Crippen molar-refractivity contribution in [3.8, 4) is 11.8 Å². The number of rotatable bonds is 1. The van der Waals surface area contributed by atoms with Crippen LogP contribution in [0.25, 0.3) is 0 Å². The maximum atomic E-state index is 5.32. The molecule has 1 rings (SSSR count). The van der Waals surface area contributed by atoms with E-state index in [1.165, 1.54) is 0 Å². The zero-order chi connectivity index (χ0) is 8.97. The lowest BCUT2D eigenvalue weighted by molar-refractivity contribution is 1.03. The second kappa shape index (κ2) is 4.24. The molecule has 1 heterocycles. The number of hydrogen-bond acceptors (Lipinski definition) is 3. The lowest BCUT2D eigenvalue weighted by Crippen LogP contribution is -1.95. The minimum atomic E-state index is 0.629. The highest BCUT2D eigenvalue weighted by atomic mass is 32.1. The summed E-state index contributed by atoms with van der Waals surface area (Å²) in [5, 5.41) is 1.07. The van der Waals surface area contributed by atoms with Crippen LogP contribution in [-0.4, -0.2) is 11.5 Å². The predicted molar refractivity (Wildman–Crippen MR) is 52.1 cm³/mol. The van der Waals surface area contributed by atoms with E-state index in [1.54, 1.807) is 11.3 Å². The molecule has 0 spiro atoms. The second-order valence-electron chi connectivity index (χ2n) is 2.49. The standard InChI is InChI=1S/C9H12N2S/c1-7-9(5-3-4-6-10)12-8(2)11-7/h4,6,10H2,1-2H3. The Morgan fingerprint density at radius 1 is 1.50 bits per heavy atom. The summed E-state index contributed by atoms with van der Waals surface area (Å²) in [4.78, 5) is 5.34. The minimum absolute atomic E-state index is 0.629. The molecule has 12 heavy (non-hydrogen) atoms. The first-order valence-corrected chi connectivity index (χ1v) is 4.68. The smallest absolute Gasteiger partial charge is 0.0998 e. The van der Waals surface area contributed by atoms with Crippen LogP contribution in [0.1, 0.15) is 22.0 Å². The molecule has 2 N–H and O–H groups in total. The summed E-state index contributed by atoms with van der Waals surface area (Å²) in [6, 6.07) is 0. The van der Waals surface area contributed by atoms with E-state index in [9.17, 15) is 0 Å². The Bertz CT molecular complexity index is 317. The van der Waals surface area contributed by atoms with Gasteiger partial charge in [-0.25, -0.2) is 4.98 Å². The normalized spacial score (nSPS) is 9.25. The zero-order valence-electron chi connectivity index (χ0n) is 7.35. The van der Waals surface area contributed by atoms with Crippen LogP contribution < -0.4 is 5.73 Å². The van der Waals surface area contributed by atoms with Crippen molar-refractivity contribution in [1.29, 1.82) is 0 Å². The van der Waals surface area contributed by atoms with E-state index < -0.39 is 0 Å². The Hall–Kier alpha value is -0.850. The van der Waals surface area contributed by atoms with Crippen molar-refractivity contribution in [1.82, 2.24) is 4.98 Å². The summed E-state index contributed by atoms with van der Waals surface area (Å²) in [5.41, 5.74) is 6.35. The highest BCUT2D eigenvalue weighted by molar-refractivity contribution is 7.12. The SMILES string of the molecule is Cc1nc(C)c(C#CCCN)s1. The summed E-state index contributed by atoms with van der Waals surface area (Å²) >= 11 is 1.64. The van der Waals surface area contributed by atoms with Crippen molar-refractivity contribution < 1.29 is 0 Å². The van der Waals surface area contributed by atoms with Gasteiger partial charge in [0.1, 0.15) is 0 Å². The van der Waals surface area contributed by atoms with Gasteiger partial charge in [0.25, 0.3) is 0 Å². The molecule has 0 saturated carbocycles. The van der Waals surface area contributed by atoms with Crippen LogP contribution in [0.2, 0.25) is 0 Å². The van der Waals surface area contributed by atoms with Crippen molar-refractivity contribution in [2.75, 3.05) is 6.54 Å². The molecule has 0 radical (unpaired) electrons. The first kappa shape index (κ1) is 9.24. The summed E-state index contributed by atoms with van der Waals surface area (Å²) in [6.45, 7) is 4.60. The third-order valence-corrected chi connectivity index (χ3v) is 2.36. The van der Waals surface area contributed by atoms with Crippen molar-refractivity contribution in [2.24, 2.45) is 5.73 Å². The molecular weight excluding hydrogens is 168 g/mol. The Morgan fingerprint density at radius 2 is 2.25 bits per heavy atom. The van der Waals surface area contributed by atoms with Crippen LogP contribution in [-0.2, 0) is 0 Å². The topological polar surface area (TPSA) is 38.9 Å². The van der Waals surface area contributed by atoms with E-state index in [1.807, 2.05) is 13.8 Å². The molecule has 0 atom stereocenters. The van der Waals surface area contributed by atoms with Gasteiger partial charge in [0.05, 0.1) is 15.6 Å². The van der Waals surface area contributed by atoms with Gasteiger partial charge in [0.2, 0.25) is 0 Å². The Morgan fingerprint density at radius 3 is 2.75 bits per heavy atom. The molecule has 64 valence electrons. The quantitative estimate of drug-likeness (QED) is 0.664. The van der Waals surface area contributed by atoms with E-state index in [0.29, 0.717) is 6.54 Å². The van der Waals surface area contributed by atoms with E-state index >= 15 is 0 Å².